The standard InChI is InChI=1S/C9H21BrSi/c1-4-5-8-11(2,3)9-6-7-10/h4-9H2,1-3H3. The van der Waals surface area contributed by atoms with E-state index in [1.54, 1.807) is 0 Å². The van der Waals surface area contributed by atoms with Crippen LogP contribution in [0.5, 0.6) is 0 Å². The van der Waals surface area contributed by atoms with Crippen molar-refractivity contribution in [3.05, 3.63) is 0 Å². The summed E-state index contributed by atoms with van der Waals surface area (Å²) in [5.41, 5.74) is 0. The number of rotatable bonds is 6. The summed E-state index contributed by atoms with van der Waals surface area (Å²) < 4.78 is 0. The highest BCUT2D eigenvalue weighted by Gasteiger charge is 2.18. The van der Waals surface area contributed by atoms with E-state index in [1.807, 2.05) is 0 Å². The predicted octanol–water partition coefficient (Wildman–Crippen LogP) is 4.28. The molecule has 0 N–H and O–H groups in total. The molecule has 0 nitrogen and oxygen atoms in total. The molecule has 2 heteroatoms. The topological polar surface area (TPSA) is 0 Å². The Morgan fingerprint density at radius 2 is 1.64 bits per heavy atom. The lowest BCUT2D eigenvalue weighted by molar-refractivity contribution is 0.858. The third-order valence-corrected chi connectivity index (χ3v) is 6.17. The Morgan fingerprint density at radius 3 is 2.09 bits per heavy atom. The molecule has 0 heterocycles. The monoisotopic (exact) mass is 236 g/mol. The van der Waals surface area contributed by atoms with E-state index in [0.29, 0.717) is 0 Å². The van der Waals surface area contributed by atoms with Crippen LogP contribution < -0.4 is 0 Å². The van der Waals surface area contributed by atoms with Crippen LogP contribution in [0.1, 0.15) is 26.2 Å². The molecule has 0 aliphatic heterocycles. The number of hydrogen-bond donors (Lipinski definition) is 0. The molecule has 0 bridgehead atoms. The summed E-state index contributed by atoms with van der Waals surface area (Å²) in [7, 11) is -0.775. The van der Waals surface area contributed by atoms with Gasteiger partial charge < -0.3 is 0 Å². The normalized spacial score (nSPS) is 12.0. The van der Waals surface area contributed by atoms with E-state index in [-0.39, 0.29) is 0 Å². The van der Waals surface area contributed by atoms with E-state index in [0.717, 1.165) is 0 Å². The lowest BCUT2D eigenvalue weighted by Crippen LogP contribution is -2.24. The molecule has 0 aliphatic carbocycles. The van der Waals surface area contributed by atoms with E-state index in [9.17, 15) is 0 Å². The van der Waals surface area contributed by atoms with Crippen LogP contribution in [0, 0.1) is 0 Å². The number of unbranched alkanes of at least 4 members (excludes halogenated alkanes) is 1. The lowest BCUT2D eigenvalue weighted by Gasteiger charge is -2.21. The van der Waals surface area contributed by atoms with Crippen LogP contribution >= 0.6 is 15.9 Å². The molecular weight excluding hydrogens is 216 g/mol. The molecule has 0 amide bonds. The molecule has 0 aromatic rings. The Hall–Kier alpha value is 0.697. The molecule has 0 atom stereocenters. The van der Waals surface area contributed by atoms with E-state index < -0.39 is 8.07 Å². The van der Waals surface area contributed by atoms with Gasteiger partial charge in [-0.1, -0.05) is 60.9 Å². The van der Waals surface area contributed by atoms with Crippen molar-refractivity contribution in [2.24, 2.45) is 0 Å². The molecule has 0 saturated carbocycles. The Kier molecular flexibility index (Phi) is 6.63. The second-order valence-electron chi connectivity index (χ2n) is 4.06. The van der Waals surface area contributed by atoms with Gasteiger partial charge in [0, 0.05) is 13.4 Å². The average Bonchev–Trinajstić information content (AvgIpc) is 1.97. The summed E-state index contributed by atoms with van der Waals surface area (Å²) in [4.78, 5) is 0. The highest BCUT2D eigenvalue weighted by atomic mass is 79.9. The van der Waals surface area contributed by atoms with Crippen molar-refractivity contribution in [1.29, 1.82) is 0 Å². The Balaban J connectivity index is 3.43. The van der Waals surface area contributed by atoms with Crippen molar-refractivity contribution in [1.82, 2.24) is 0 Å². The first-order valence-electron chi connectivity index (χ1n) is 4.68. The number of alkyl halides is 1. The summed E-state index contributed by atoms with van der Waals surface area (Å²) in [6.45, 7) is 7.33. The van der Waals surface area contributed by atoms with Gasteiger partial charge in [0.25, 0.3) is 0 Å². The van der Waals surface area contributed by atoms with Crippen LogP contribution in [-0.4, -0.2) is 13.4 Å². The first-order valence-corrected chi connectivity index (χ1v) is 9.22. The van der Waals surface area contributed by atoms with E-state index in [1.165, 1.54) is 36.7 Å². The van der Waals surface area contributed by atoms with Gasteiger partial charge in [0.15, 0.2) is 0 Å². The van der Waals surface area contributed by atoms with E-state index in [4.69, 9.17) is 0 Å². The highest BCUT2D eigenvalue weighted by molar-refractivity contribution is 9.09. The highest BCUT2D eigenvalue weighted by Crippen LogP contribution is 2.20. The Labute approximate surface area is 80.9 Å². The third kappa shape index (κ3) is 7.07. The van der Waals surface area contributed by atoms with Crippen molar-refractivity contribution >= 4 is 24.0 Å². The number of hydrogen-bond acceptors (Lipinski definition) is 0. The SMILES string of the molecule is CCCC[Si](C)(C)CCCBr. The van der Waals surface area contributed by atoms with Crippen molar-refractivity contribution in [3.63, 3.8) is 0 Å². The van der Waals surface area contributed by atoms with Crippen LogP contribution in [0.3, 0.4) is 0 Å². The average molecular weight is 237 g/mol. The van der Waals surface area contributed by atoms with E-state index >= 15 is 0 Å². The van der Waals surface area contributed by atoms with Crippen LogP contribution in [-0.2, 0) is 0 Å². The van der Waals surface area contributed by atoms with Gasteiger partial charge in [-0.3, -0.25) is 0 Å². The first kappa shape index (κ1) is 11.7. The zero-order chi connectivity index (χ0) is 8.74. The second-order valence-corrected chi connectivity index (χ2v) is 10.2. The molecule has 11 heavy (non-hydrogen) atoms. The van der Waals surface area contributed by atoms with Crippen LogP contribution in [0.15, 0.2) is 0 Å². The molecule has 0 aliphatic rings. The minimum Gasteiger partial charge on any atom is -0.0928 e. The van der Waals surface area contributed by atoms with Crippen molar-refractivity contribution in [3.8, 4) is 0 Å². The van der Waals surface area contributed by atoms with Gasteiger partial charge in [-0.15, -0.1) is 0 Å². The van der Waals surface area contributed by atoms with Gasteiger partial charge in [0.05, 0.1) is 0 Å². The molecular formula is C9H21BrSi. The van der Waals surface area contributed by atoms with Gasteiger partial charge in [0.1, 0.15) is 0 Å². The molecule has 0 unspecified atom stereocenters. The summed E-state index contributed by atoms with van der Waals surface area (Å²) in [6, 6.07) is 3.02. The quantitative estimate of drug-likeness (QED) is 0.478. The number of halogens is 1. The fourth-order valence-electron chi connectivity index (χ4n) is 1.33. The van der Waals surface area contributed by atoms with Crippen LogP contribution in [0.25, 0.3) is 0 Å². The fraction of sp³-hybridized carbons (Fsp3) is 1.00. The maximum atomic E-state index is 3.49. The minimum atomic E-state index is -0.775. The van der Waals surface area contributed by atoms with Gasteiger partial charge in [0.2, 0.25) is 0 Å². The summed E-state index contributed by atoms with van der Waals surface area (Å²) >= 11 is 3.49. The molecule has 0 radical (unpaired) electrons. The van der Waals surface area contributed by atoms with Crippen molar-refractivity contribution in [2.45, 2.75) is 51.4 Å². The molecule has 0 aromatic heterocycles. The largest absolute Gasteiger partial charge is 0.0928 e. The molecule has 0 rings (SSSR count). The Morgan fingerprint density at radius 1 is 1.09 bits per heavy atom. The second kappa shape index (κ2) is 6.24. The van der Waals surface area contributed by atoms with Gasteiger partial charge >= 0.3 is 0 Å². The van der Waals surface area contributed by atoms with Gasteiger partial charge in [-0.25, -0.2) is 0 Å². The van der Waals surface area contributed by atoms with Crippen LogP contribution in [0.2, 0.25) is 25.2 Å². The third-order valence-electron chi connectivity index (χ3n) is 2.19. The molecule has 0 aromatic carbocycles. The van der Waals surface area contributed by atoms with Crippen molar-refractivity contribution < 1.29 is 0 Å². The van der Waals surface area contributed by atoms with Crippen LogP contribution in [0.4, 0.5) is 0 Å². The maximum Gasteiger partial charge on any atom is 0.0474 e. The van der Waals surface area contributed by atoms with Gasteiger partial charge in [-0.05, 0) is 6.42 Å². The molecule has 68 valence electrons. The first-order chi connectivity index (χ1) is 5.12. The minimum absolute atomic E-state index is 0.775. The molecule has 0 spiro atoms. The summed E-state index contributed by atoms with van der Waals surface area (Å²) in [5.74, 6) is 0. The van der Waals surface area contributed by atoms with E-state index in [2.05, 4.69) is 35.9 Å². The summed E-state index contributed by atoms with van der Waals surface area (Å²) in [6.07, 6.45) is 4.19. The van der Waals surface area contributed by atoms with Crippen molar-refractivity contribution in [2.75, 3.05) is 5.33 Å². The fourth-order valence-corrected chi connectivity index (χ4v) is 4.82. The molecule has 0 fully saturated rings. The Bertz CT molecular complexity index is 81.6. The zero-order valence-electron chi connectivity index (χ0n) is 8.12. The van der Waals surface area contributed by atoms with Gasteiger partial charge in [-0.2, -0.15) is 0 Å². The zero-order valence-corrected chi connectivity index (χ0v) is 10.7. The predicted molar refractivity (Wildman–Crippen MR) is 60.4 cm³/mol. The smallest absolute Gasteiger partial charge is 0.0474 e. The summed E-state index contributed by atoms with van der Waals surface area (Å²) in [5, 5.41) is 1.19. The maximum absolute atomic E-state index is 3.49. The lowest BCUT2D eigenvalue weighted by atomic mass is 10.4. The molecule has 0 saturated heterocycles.